The molecular formula is C21H25FN6S. The summed E-state index contributed by atoms with van der Waals surface area (Å²) in [7, 11) is 0. The summed E-state index contributed by atoms with van der Waals surface area (Å²) < 4.78 is 14.8. The molecule has 152 valence electrons. The van der Waals surface area contributed by atoms with Gasteiger partial charge in [-0.05, 0) is 61.1 Å². The fraction of sp³-hybridized carbons (Fsp3) is 0.286. The molecule has 0 amide bonds. The number of aromatic nitrogens is 3. The molecule has 1 aromatic carbocycles. The Kier molecular flexibility index (Phi) is 8.06. The molecule has 0 unspecified atom stereocenters. The Hall–Kier alpha value is -2.87. The van der Waals surface area contributed by atoms with Crippen molar-refractivity contribution in [2.45, 2.75) is 24.8 Å². The van der Waals surface area contributed by atoms with Crippen LogP contribution in [0.4, 0.5) is 4.39 Å². The fourth-order valence-corrected chi connectivity index (χ4v) is 3.46. The lowest BCUT2D eigenvalue weighted by Gasteiger charge is -2.11. The molecule has 0 aliphatic heterocycles. The summed E-state index contributed by atoms with van der Waals surface area (Å²) in [6.07, 6.45) is 8.09. The van der Waals surface area contributed by atoms with Crippen molar-refractivity contribution in [1.29, 1.82) is 0 Å². The zero-order valence-corrected chi connectivity index (χ0v) is 17.2. The first-order valence-corrected chi connectivity index (χ1v) is 10.6. The first-order chi connectivity index (χ1) is 14.2. The lowest BCUT2D eigenvalue weighted by atomic mass is 10.2. The molecule has 0 saturated carbocycles. The van der Waals surface area contributed by atoms with E-state index in [1.54, 1.807) is 30.5 Å². The molecule has 0 atom stereocenters. The monoisotopic (exact) mass is 412 g/mol. The molecule has 2 N–H and O–H groups in total. The predicted octanol–water partition coefficient (Wildman–Crippen LogP) is 3.64. The van der Waals surface area contributed by atoms with Gasteiger partial charge in [-0.15, -0.1) is 11.8 Å². The van der Waals surface area contributed by atoms with E-state index >= 15 is 0 Å². The van der Waals surface area contributed by atoms with Crippen LogP contribution in [0.2, 0.25) is 0 Å². The van der Waals surface area contributed by atoms with Crippen LogP contribution in [-0.4, -0.2) is 39.3 Å². The van der Waals surface area contributed by atoms with Gasteiger partial charge in [0.25, 0.3) is 0 Å². The number of imidazole rings is 1. The second-order valence-corrected chi connectivity index (χ2v) is 7.44. The van der Waals surface area contributed by atoms with Crippen LogP contribution in [0.15, 0.2) is 71.2 Å². The van der Waals surface area contributed by atoms with Crippen molar-refractivity contribution in [1.82, 2.24) is 25.2 Å². The molecule has 0 aliphatic carbocycles. The van der Waals surface area contributed by atoms with E-state index in [0.717, 1.165) is 47.5 Å². The molecule has 0 aliphatic rings. The van der Waals surface area contributed by atoms with Gasteiger partial charge in [0.05, 0.1) is 6.54 Å². The molecule has 0 fully saturated rings. The summed E-state index contributed by atoms with van der Waals surface area (Å²) in [5.41, 5.74) is 1.08. The lowest BCUT2D eigenvalue weighted by molar-refractivity contribution is 0.626. The summed E-state index contributed by atoms with van der Waals surface area (Å²) in [6, 6.07) is 10.6. The molecular weight excluding hydrogens is 387 g/mol. The van der Waals surface area contributed by atoms with Gasteiger partial charge in [0, 0.05) is 36.6 Å². The van der Waals surface area contributed by atoms with Gasteiger partial charge in [-0.1, -0.05) is 0 Å². The van der Waals surface area contributed by atoms with E-state index in [0.29, 0.717) is 6.54 Å². The maximum atomic E-state index is 12.9. The molecule has 3 aromatic rings. The van der Waals surface area contributed by atoms with Gasteiger partial charge in [-0.2, -0.15) is 0 Å². The Morgan fingerprint density at radius 1 is 1.17 bits per heavy atom. The quantitative estimate of drug-likeness (QED) is 0.243. The van der Waals surface area contributed by atoms with Crippen LogP contribution in [0, 0.1) is 5.82 Å². The number of halogens is 1. The second-order valence-electron chi connectivity index (χ2n) is 6.27. The van der Waals surface area contributed by atoms with E-state index in [9.17, 15) is 4.39 Å². The van der Waals surface area contributed by atoms with Crippen LogP contribution in [0.5, 0.6) is 0 Å². The van der Waals surface area contributed by atoms with E-state index < -0.39 is 0 Å². The van der Waals surface area contributed by atoms with Gasteiger partial charge in [-0.3, -0.25) is 4.57 Å². The molecule has 6 nitrogen and oxygen atoms in total. The Balaban J connectivity index is 1.47. The maximum Gasteiger partial charge on any atom is 0.191 e. The normalized spacial score (nSPS) is 11.4. The van der Waals surface area contributed by atoms with Gasteiger partial charge in [0.1, 0.15) is 18.0 Å². The van der Waals surface area contributed by atoms with Gasteiger partial charge in [-0.25, -0.2) is 19.4 Å². The zero-order chi connectivity index (χ0) is 20.3. The Bertz CT molecular complexity index is 896. The van der Waals surface area contributed by atoms with E-state index in [-0.39, 0.29) is 5.82 Å². The molecule has 0 bridgehead atoms. The number of guanidine groups is 1. The lowest BCUT2D eigenvalue weighted by Crippen LogP contribution is -2.37. The van der Waals surface area contributed by atoms with Crippen molar-refractivity contribution in [2.75, 3.05) is 18.8 Å². The second kappa shape index (κ2) is 11.2. The minimum absolute atomic E-state index is 0.200. The molecule has 29 heavy (non-hydrogen) atoms. The molecule has 0 radical (unpaired) electrons. The number of nitrogens with zero attached hydrogens (tertiary/aromatic N) is 4. The number of hydrogen-bond donors (Lipinski definition) is 2. The van der Waals surface area contributed by atoms with Crippen molar-refractivity contribution in [2.24, 2.45) is 4.99 Å². The maximum absolute atomic E-state index is 12.9. The molecule has 3 rings (SSSR count). The summed E-state index contributed by atoms with van der Waals surface area (Å²) in [5, 5.41) is 6.63. The van der Waals surface area contributed by atoms with Crippen molar-refractivity contribution in [3.8, 4) is 5.82 Å². The SMILES string of the molecule is CCNC(=NCc1ccnc(-n2ccnc2)c1)NCCCSc1ccc(F)cc1. The summed E-state index contributed by atoms with van der Waals surface area (Å²) in [5.74, 6) is 2.37. The van der Waals surface area contributed by atoms with Gasteiger partial charge in [0.2, 0.25) is 0 Å². The average Bonchev–Trinajstić information content (AvgIpc) is 3.28. The van der Waals surface area contributed by atoms with Crippen LogP contribution in [0.1, 0.15) is 18.9 Å². The molecule has 8 heteroatoms. The zero-order valence-electron chi connectivity index (χ0n) is 16.4. The highest BCUT2D eigenvalue weighted by atomic mass is 32.2. The van der Waals surface area contributed by atoms with Gasteiger partial charge < -0.3 is 10.6 Å². The summed E-state index contributed by atoms with van der Waals surface area (Å²) in [4.78, 5) is 14.2. The van der Waals surface area contributed by atoms with Crippen molar-refractivity contribution in [3.63, 3.8) is 0 Å². The number of nitrogens with one attached hydrogen (secondary N) is 2. The fourth-order valence-electron chi connectivity index (χ4n) is 2.61. The highest BCUT2D eigenvalue weighted by Gasteiger charge is 2.01. The van der Waals surface area contributed by atoms with Gasteiger partial charge >= 0.3 is 0 Å². The molecule has 2 aromatic heterocycles. The van der Waals surface area contributed by atoms with Gasteiger partial charge in [0.15, 0.2) is 5.96 Å². The van der Waals surface area contributed by atoms with Crippen LogP contribution in [-0.2, 0) is 6.54 Å². The highest BCUT2D eigenvalue weighted by Crippen LogP contribution is 2.18. The smallest absolute Gasteiger partial charge is 0.191 e. The first-order valence-electron chi connectivity index (χ1n) is 9.58. The minimum atomic E-state index is -0.200. The Morgan fingerprint density at radius 3 is 2.79 bits per heavy atom. The minimum Gasteiger partial charge on any atom is -0.357 e. The topological polar surface area (TPSA) is 67.1 Å². The number of hydrogen-bond acceptors (Lipinski definition) is 4. The number of aliphatic imine (C=N–C) groups is 1. The van der Waals surface area contributed by atoms with E-state index in [1.807, 2.05) is 42.0 Å². The van der Waals surface area contributed by atoms with E-state index in [1.165, 1.54) is 12.1 Å². The third-order valence-electron chi connectivity index (χ3n) is 4.04. The van der Waals surface area contributed by atoms with Crippen molar-refractivity contribution >= 4 is 17.7 Å². The van der Waals surface area contributed by atoms with Crippen molar-refractivity contribution in [3.05, 3.63) is 72.7 Å². The van der Waals surface area contributed by atoms with Crippen LogP contribution in [0.25, 0.3) is 5.82 Å². The number of thioether (sulfide) groups is 1. The van der Waals surface area contributed by atoms with Crippen LogP contribution < -0.4 is 10.6 Å². The first kappa shape index (κ1) is 20.9. The predicted molar refractivity (Wildman–Crippen MR) is 116 cm³/mol. The van der Waals surface area contributed by atoms with E-state index in [4.69, 9.17) is 0 Å². The highest BCUT2D eigenvalue weighted by molar-refractivity contribution is 7.99. The molecule has 0 saturated heterocycles. The summed E-state index contributed by atoms with van der Waals surface area (Å²) in [6.45, 7) is 4.22. The van der Waals surface area contributed by atoms with Crippen LogP contribution >= 0.6 is 11.8 Å². The number of pyridine rings is 1. The number of rotatable bonds is 9. The third-order valence-corrected chi connectivity index (χ3v) is 5.14. The standard InChI is InChI=1S/C21H25FN6S/c1-2-24-21(26-9-3-13-29-19-6-4-18(22)5-7-19)27-15-17-8-10-25-20(14-17)28-12-11-23-16-28/h4-8,10-12,14,16H,2-3,9,13,15H2,1H3,(H2,24,26,27). The van der Waals surface area contributed by atoms with Crippen molar-refractivity contribution < 1.29 is 4.39 Å². The summed E-state index contributed by atoms with van der Waals surface area (Å²) >= 11 is 1.72. The molecule has 2 heterocycles. The van der Waals surface area contributed by atoms with Crippen LogP contribution in [0.3, 0.4) is 0 Å². The Labute approximate surface area is 174 Å². The number of benzene rings is 1. The largest absolute Gasteiger partial charge is 0.357 e. The Morgan fingerprint density at radius 2 is 2.03 bits per heavy atom. The third kappa shape index (κ3) is 6.90. The molecule has 0 spiro atoms. The average molecular weight is 413 g/mol. The van der Waals surface area contributed by atoms with E-state index in [2.05, 4.69) is 25.6 Å².